The van der Waals surface area contributed by atoms with Crippen LogP contribution in [-0.2, 0) is 27.5 Å². The molecule has 0 unspecified atom stereocenters. The molecule has 0 aliphatic carbocycles. The van der Waals surface area contributed by atoms with Gasteiger partial charge in [-0.1, -0.05) is 84.9 Å². The van der Waals surface area contributed by atoms with Gasteiger partial charge in [-0.05, 0) is 43.1 Å². The second kappa shape index (κ2) is 16.1. The van der Waals surface area contributed by atoms with Crippen LogP contribution < -0.4 is 10.6 Å². The van der Waals surface area contributed by atoms with Gasteiger partial charge < -0.3 is 20.4 Å². The molecule has 3 aromatic carbocycles. The van der Waals surface area contributed by atoms with Crippen molar-refractivity contribution in [2.24, 2.45) is 0 Å². The molecule has 0 saturated carbocycles. The first-order valence-electron chi connectivity index (χ1n) is 13.9. The molecule has 0 bridgehead atoms. The van der Waals surface area contributed by atoms with E-state index in [1.165, 1.54) is 6.08 Å². The fourth-order valence-electron chi connectivity index (χ4n) is 4.66. The summed E-state index contributed by atoms with van der Waals surface area (Å²) in [7, 11) is -1.68. The number of amides is 3. The molecule has 0 aromatic heterocycles. The second-order valence-electron chi connectivity index (χ2n) is 10.3. The maximum atomic E-state index is 13.7. The van der Waals surface area contributed by atoms with E-state index in [1.807, 2.05) is 67.7 Å². The third kappa shape index (κ3) is 10.0. The van der Waals surface area contributed by atoms with Crippen LogP contribution in [0.3, 0.4) is 0 Å². The first-order chi connectivity index (χ1) is 19.8. The van der Waals surface area contributed by atoms with Crippen molar-refractivity contribution in [2.75, 3.05) is 33.2 Å². The number of benzene rings is 3. The molecule has 4 rings (SSSR count). The zero-order valence-electron chi connectivity index (χ0n) is 23.8. The fraction of sp³-hybridized carbons (Fsp3) is 0.312. The molecule has 8 nitrogen and oxygen atoms in total. The number of nitrogens with one attached hydrogen (secondary N) is 2. The van der Waals surface area contributed by atoms with E-state index in [0.717, 1.165) is 29.6 Å². The summed E-state index contributed by atoms with van der Waals surface area (Å²) in [6.07, 6.45) is 2.97. The monoisotopic (exact) mass is 610 g/mol. The van der Waals surface area contributed by atoms with E-state index in [-0.39, 0.29) is 29.2 Å². The molecular formula is C32H39ClN4O4S. The molecule has 1 fully saturated rings. The number of piperazine rings is 1. The van der Waals surface area contributed by atoms with Crippen molar-refractivity contribution >= 4 is 34.2 Å². The van der Waals surface area contributed by atoms with Gasteiger partial charge in [0.05, 0.1) is 4.90 Å². The van der Waals surface area contributed by atoms with Crippen molar-refractivity contribution in [1.29, 1.82) is 0 Å². The van der Waals surface area contributed by atoms with Crippen molar-refractivity contribution < 1.29 is 18.0 Å². The zero-order chi connectivity index (χ0) is 29.1. The van der Waals surface area contributed by atoms with Gasteiger partial charge in [0.2, 0.25) is 5.91 Å². The number of hydrogen-bond donors (Lipinski definition) is 2. The molecular weight excluding hydrogens is 572 g/mol. The van der Waals surface area contributed by atoms with E-state index < -0.39 is 21.9 Å². The van der Waals surface area contributed by atoms with Crippen molar-refractivity contribution in [3.63, 3.8) is 0 Å². The summed E-state index contributed by atoms with van der Waals surface area (Å²) < 4.78 is 25.9. The SMILES string of the molecule is CN1CCN(C(=O)N[C@@H](Cc2ccccc2)C(=O)N[C@H](/C=C/S(=O)(=O)c2ccccc2)CCc2ccccc2)CC1.Cl. The molecule has 0 radical (unpaired) electrons. The maximum Gasteiger partial charge on any atom is 0.318 e. The van der Waals surface area contributed by atoms with Crippen LogP contribution in [0.5, 0.6) is 0 Å². The van der Waals surface area contributed by atoms with Crippen LogP contribution in [0.2, 0.25) is 0 Å². The lowest BCUT2D eigenvalue weighted by Gasteiger charge is -2.33. The number of hydrogen-bond acceptors (Lipinski definition) is 5. The summed E-state index contributed by atoms with van der Waals surface area (Å²) in [5, 5.41) is 7.12. The Hall–Kier alpha value is -3.66. The Balaban J connectivity index is 0.00000484. The number of urea groups is 1. The predicted octanol–water partition coefficient (Wildman–Crippen LogP) is 4.08. The molecule has 1 aliphatic rings. The van der Waals surface area contributed by atoms with Gasteiger partial charge in [0.1, 0.15) is 6.04 Å². The quantitative estimate of drug-likeness (QED) is 0.341. The van der Waals surface area contributed by atoms with Gasteiger partial charge in [-0.15, -0.1) is 12.4 Å². The van der Waals surface area contributed by atoms with Crippen LogP contribution in [0.25, 0.3) is 0 Å². The molecule has 3 amide bonds. The van der Waals surface area contributed by atoms with Gasteiger partial charge in [-0.3, -0.25) is 4.79 Å². The molecule has 2 N–H and O–H groups in total. The highest BCUT2D eigenvalue weighted by molar-refractivity contribution is 7.94. The Bertz CT molecular complexity index is 1400. The number of aryl methyl sites for hydroxylation is 1. The van der Waals surface area contributed by atoms with Crippen molar-refractivity contribution in [3.8, 4) is 0 Å². The van der Waals surface area contributed by atoms with Crippen molar-refractivity contribution in [3.05, 3.63) is 114 Å². The maximum absolute atomic E-state index is 13.7. The summed E-state index contributed by atoms with van der Waals surface area (Å²) >= 11 is 0. The molecule has 3 aromatic rings. The normalized spacial score (nSPS) is 15.4. The molecule has 1 aliphatic heterocycles. The van der Waals surface area contributed by atoms with Crippen LogP contribution in [0, 0.1) is 0 Å². The van der Waals surface area contributed by atoms with Gasteiger partial charge in [-0.2, -0.15) is 0 Å². The molecule has 1 saturated heterocycles. The Kier molecular flexibility index (Phi) is 12.6. The molecule has 0 spiro atoms. The Morgan fingerprint density at radius 1 is 0.810 bits per heavy atom. The van der Waals surface area contributed by atoms with E-state index in [1.54, 1.807) is 35.2 Å². The Labute approximate surface area is 255 Å². The summed E-state index contributed by atoms with van der Waals surface area (Å²) in [6.45, 7) is 2.71. The van der Waals surface area contributed by atoms with Crippen LogP contribution in [0.4, 0.5) is 4.79 Å². The van der Waals surface area contributed by atoms with E-state index in [4.69, 9.17) is 0 Å². The number of sulfone groups is 1. The first-order valence-corrected chi connectivity index (χ1v) is 15.5. The lowest BCUT2D eigenvalue weighted by Crippen LogP contribution is -2.56. The second-order valence-corrected chi connectivity index (χ2v) is 12.1. The lowest BCUT2D eigenvalue weighted by atomic mass is 10.0. The van der Waals surface area contributed by atoms with E-state index >= 15 is 0 Å². The average Bonchev–Trinajstić information content (AvgIpc) is 3.00. The van der Waals surface area contributed by atoms with Crippen molar-refractivity contribution in [1.82, 2.24) is 20.4 Å². The number of rotatable bonds is 11. The molecule has 224 valence electrons. The van der Waals surface area contributed by atoms with E-state index in [9.17, 15) is 18.0 Å². The van der Waals surface area contributed by atoms with Crippen LogP contribution in [-0.4, -0.2) is 75.5 Å². The van der Waals surface area contributed by atoms with Crippen LogP contribution >= 0.6 is 12.4 Å². The van der Waals surface area contributed by atoms with E-state index in [2.05, 4.69) is 15.5 Å². The van der Waals surface area contributed by atoms with Gasteiger partial charge in [-0.25, -0.2) is 13.2 Å². The Morgan fingerprint density at radius 2 is 1.36 bits per heavy atom. The highest BCUT2D eigenvalue weighted by Crippen LogP contribution is 2.14. The lowest BCUT2D eigenvalue weighted by molar-refractivity contribution is -0.123. The van der Waals surface area contributed by atoms with Gasteiger partial charge in [0.25, 0.3) is 0 Å². The number of likely N-dealkylation sites (N-methyl/N-ethyl adjacent to an activating group) is 1. The van der Waals surface area contributed by atoms with Crippen LogP contribution in [0.15, 0.2) is 107 Å². The number of carbonyl (C=O) groups excluding carboxylic acids is 2. The highest BCUT2D eigenvalue weighted by atomic mass is 35.5. The summed E-state index contributed by atoms with van der Waals surface area (Å²) in [5.74, 6) is -0.365. The summed E-state index contributed by atoms with van der Waals surface area (Å²) in [4.78, 5) is 30.9. The number of halogens is 1. The minimum absolute atomic E-state index is 0. The minimum atomic E-state index is -3.69. The fourth-order valence-corrected chi connectivity index (χ4v) is 5.75. The van der Waals surface area contributed by atoms with Gasteiger partial charge >= 0.3 is 6.03 Å². The van der Waals surface area contributed by atoms with Crippen LogP contribution in [0.1, 0.15) is 17.5 Å². The first kappa shape index (κ1) is 32.8. The predicted molar refractivity (Wildman–Crippen MR) is 168 cm³/mol. The summed E-state index contributed by atoms with van der Waals surface area (Å²) in [6, 6.07) is 25.9. The van der Waals surface area contributed by atoms with Crippen molar-refractivity contribution in [2.45, 2.75) is 36.2 Å². The zero-order valence-corrected chi connectivity index (χ0v) is 25.4. The Morgan fingerprint density at radius 3 is 1.95 bits per heavy atom. The minimum Gasteiger partial charge on any atom is -0.348 e. The topological polar surface area (TPSA) is 98.8 Å². The van der Waals surface area contributed by atoms with Gasteiger partial charge in [0.15, 0.2) is 9.84 Å². The molecule has 42 heavy (non-hydrogen) atoms. The standard InChI is InChI=1S/C32H38N4O4S.ClH/c1-35-20-22-36(23-21-35)32(38)34-30(25-27-13-7-3-8-14-27)31(37)33-28(18-17-26-11-5-2-6-12-26)19-24-41(39,40)29-15-9-4-10-16-29;/h2-16,19,24,28,30H,17-18,20-23,25H2,1H3,(H,33,37)(H,34,38);1H/b24-19+;/t28-,30-;/m0./s1. The molecule has 10 heteroatoms. The third-order valence-electron chi connectivity index (χ3n) is 7.16. The van der Waals surface area contributed by atoms with Gasteiger partial charge in [0, 0.05) is 44.0 Å². The molecule has 1 heterocycles. The number of nitrogens with zero attached hydrogens (tertiary/aromatic N) is 2. The van der Waals surface area contributed by atoms with E-state index in [0.29, 0.717) is 32.4 Å². The highest BCUT2D eigenvalue weighted by Gasteiger charge is 2.27. The average molecular weight is 611 g/mol. The smallest absolute Gasteiger partial charge is 0.318 e. The summed E-state index contributed by atoms with van der Waals surface area (Å²) in [5.41, 5.74) is 1.99. The largest absolute Gasteiger partial charge is 0.348 e. The third-order valence-corrected chi connectivity index (χ3v) is 8.61. The molecule has 2 atom stereocenters. The number of carbonyl (C=O) groups is 2.